The van der Waals surface area contributed by atoms with Gasteiger partial charge < -0.3 is 10.0 Å². The number of aliphatic carboxylic acids is 1. The zero-order valence-electron chi connectivity index (χ0n) is 13.2. The van der Waals surface area contributed by atoms with E-state index in [0.29, 0.717) is 0 Å². The Hall–Kier alpha value is -1.10. The van der Waals surface area contributed by atoms with E-state index in [2.05, 4.69) is 0 Å². The van der Waals surface area contributed by atoms with E-state index in [4.69, 9.17) is 5.11 Å². The van der Waals surface area contributed by atoms with E-state index in [1.807, 2.05) is 48.5 Å². The normalized spacial score (nSPS) is 12.3. The molecule has 0 aromatic carbocycles. The molecule has 0 heterocycles. The second-order valence-electron chi connectivity index (χ2n) is 6.41. The lowest BCUT2D eigenvalue weighted by Crippen LogP contribution is -2.52. The second kappa shape index (κ2) is 6.89. The maximum absolute atomic E-state index is 12.4. The largest absolute Gasteiger partial charge is 0.480 e. The monoisotopic (exact) mass is 272 g/mol. The molecular weight excluding hydrogens is 244 g/mol. The molecule has 1 amide bonds. The summed E-state index contributed by atoms with van der Waals surface area (Å²) in [7, 11) is 0. The molecule has 0 aliphatic rings. The van der Waals surface area contributed by atoms with E-state index in [-0.39, 0.29) is 36.6 Å². The number of hydrogen-bond donors (Lipinski definition) is 1. The highest BCUT2D eigenvalue weighted by Gasteiger charge is 2.29. The number of nitrogens with zero attached hydrogens (tertiary/aromatic N) is 2. The average molecular weight is 272 g/mol. The fraction of sp³-hybridized carbons (Fsp3) is 0.857. The van der Waals surface area contributed by atoms with Crippen LogP contribution in [0.4, 0.5) is 0 Å². The van der Waals surface area contributed by atoms with Crippen molar-refractivity contribution in [2.24, 2.45) is 0 Å². The molecule has 0 aliphatic heterocycles. The molecule has 19 heavy (non-hydrogen) atoms. The lowest BCUT2D eigenvalue weighted by molar-refractivity contribution is -0.143. The fourth-order valence-corrected chi connectivity index (χ4v) is 2.11. The van der Waals surface area contributed by atoms with Crippen LogP contribution in [0.15, 0.2) is 0 Å². The number of carbonyl (C=O) groups excluding carboxylic acids is 1. The molecule has 5 heteroatoms. The van der Waals surface area contributed by atoms with Crippen molar-refractivity contribution in [1.29, 1.82) is 0 Å². The number of carboxylic acids is 1. The number of hydrogen-bond acceptors (Lipinski definition) is 3. The molecule has 0 saturated carbocycles. The Kier molecular flexibility index (Phi) is 6.49. The van der Waals surface area contributed by atoms with Crippen LogP contribution < -0.4 is 0 Å². The minimum atomic E-state index is -0.914. The summed E-state index contributed by atoms with van der Waals surface area (Å²) in [5, 5.41) is 8.95. The van der Waals surface area contributed by atoms with Crippen molar-refractivity contribution in [2.75, 3.05) is 13.1 Å². The average Bonchev–Trinajstić information content (AvgIpc) is 2.12. The predicted octanol–water partition coefficient (Wildman–Crippen LogP) is 1.82. The molecule has 0 unspecified atom stereocenters. The van der Waals surface area contributed by atoms with Gasteiger partial charge in [0.05, 0.1) is 13.1 Å². The van der Waals surface area contributed by atoms with E-state index >= 15 is 0 Å². The Labute approximate surface area is 116 Å². The molecule has 112 valence electrons. The van der Waals surface area contributed by atoms with Gasteiger partial charge in [0, 0.05) is 17.6 Å². The van der Waals surface area contributed by atoms with E-state index < -0.39 is 5.97 Å². The number of rotatable bonds is 6. The first-order chi connectivity index (χ1) is 8.46. The summed E-state index contributed by atoms with van der Waals surface area (Å²) in [5.41, 5.74) is -0.353. The molecule has 0 aromatic heterocycles. The molecule has 5 nitrogen and oxygen atoms in total. The van der Waals surface area contributed by atoms with Gasteiger partial charge in [-0.05, 0) is 48.5 Å². The number of carboxylic acid groups (broad SMARTS) is 1. The molecule has 0 radical (unpaired) electrons. The van der Waals surface area contributed by atoms with Crippen LogP contribution in [0.25, 0.3) is 0 Å². The second-order valence-corrected chi connectivity index (χ2v) is 6.41. The van der Waals surface area contributed by atoms with Crippen molar-refractivity contribution in [3.63, 3.8) is 0 Å². The van der Waals surface area contributed by atoms with Crippen molar-refractivity contribution >= 4 is 11.9 Å². The van der Waals surface area contributed by atoms with Gasteiger partial charge >= 0.3 is 5.97 Å². The van der Waals surface area contributed by atoms with Gasteiger partial charge in [-0.3, -0.25) is 14.5 Å². The van der Waals surface area contributed by atoms with Crippen LogP contribution in [-0.2, 0) is 9.59 Å². The lowest BCUT2D eigenvalue weighted by Gasteiger charge is -2.37. The van der Waals surface area contributed by atoms with Gasteiger partial charge in [-0.1, -0.05) is 0 Å². The molecule has 0 aromatic rings. The Morgan fingerprint density at radius 1 is 1.00 bits per heavy atom. The highest BCUT2D eigenvalue weighted by molar-refractivity contribution is 5.80. The van der Waals surface area contributed by atoms with Crippen LogP contribution in [0.5, 0.6) is 0 Å². The van der Waals surface area contributed by atoms with Crippen LogP contribution in [0.2, 0.25) is 0 Å². The first-order valence-electron chi connectivity index (χ1n) is 6.74. The molecule has 0 spiro atoms. The highest BCUT2D eigenvalue weighted by atomic mass is 16.4. The first kappa shape index (κ1) is 17.9. The third-order valence-corrected chi connectivity index (χ3v) is 3.00. The topological polar surface area (TPSA) is 60.9 Å². The van der Waals surface area contributed by atoms with Gasteiger partial charge in [0.1, 0.15) is 0 Å². The standard InChI is InChI=1S/C14H28N2O3/c1-10(2)16(11(3)4)12(17)8-15(9-13(18)19)14(5,6)7/h10-11H,8-9H2,1-7H3,(H,18,19). The predicted molar refractivity (Wildman–Crippen MR) is 76.1 cm³/mol. The first-order valence-corrected chi connectivity index (χ1v) is 6.74. The summed E-state index contributed by atoms with van der Waals surface area (Å²) < 4.78 is 0. The van der Waals surface area contributed by atoms with Crippen LogP contribution in [0.3, 0.4) is 0 Å². The number of carbonyl (C=O) groups is 2. The van der Waals surface area contributed by atoms with Gasteiger partial charge in [0.2, 0.25) is 5.91 Å². The Balaban J connectivity index is 4.93. The van der Waals surface area contributed by atoms with Crippen molar-refractivity contribution in [3.8, 4) is 0 Å². The number of amides is 1. The summed E-state index contributed by atoms with van der Waals surface area (Å²) in [4.78, 5) is 26.7. The molecule has 1 N–H and O–H groups in total. The minimum absolute atomic E-state index is 0.0267. The maximum atomic E-state index is 12.4. The molecule has 0 aliphatic carbocycles. The van der Waals surface area contributed by atoms with Crippen molar-refractivity contribution in [3.05, 3.63) is 0 Å². The van der Waals surface area contributed by atoms with Gasteiger partial charge in [0.25, 0.3) is 0 Å². The Bertz CT molecular complexity index is 311. The molecule has 0 bridgehead atoms. The lowest BCUT2D eigenvalue weighted by atomic mass is 10.1. The summed E-state index contributed by atoms with van der Waals surface area (Å²) in [6.45, 7) is 13.6. The minimum Gasteiger partial charge on any atom is -0.480 e. The van der Waals surface area contributed by atoms with Gasteiger partial charge in [-0.25, -0.2) is 0 Å². The zero-order valence-corrected chi connectivity index (χ0v) is 13.2. The zero-order chi connectivity index (χ0) is 15.4. The molecule has 0 rings (SSSR count). The van der Waals surface area contributed by atoms with Crippen molar-refractivity contribution in [1.82, 2.24) is 9.80 Å². The van der Waals surface area contributed by atoms with Crippen LogP contribution >= 0.6 is 0 Å². The summed E-state index contributed by atoms with van der Waals surface area (Å²) >= 11 is 0. The Morgan fingerprint density at radius 3 is 1.68 bits per heavy atom. The molecule has 0 atom stereocenters. The third kappa shape index (κ3) is 6.05. The van der Waals surface area contributed by atoms with E-state index in [0.717, 1.165) is 0 Å². The summed E-state index contributed by atoms with van der Waals surface area (Å²) in [6, 6.07) is 0.221. The Morgan fingerprint density at radius 2 is 1.42 bits per heavy atom. The quantitative estimate of drug-likeness (QED) is 0.801. The van der Waals surface area contributed by atoms with Crippen molar-refractivity contribution in [2.45, 2.75) is 66.1 Å². The van der Waals surface area contributed by atoms with Crippen LogP contribution in [-0.4, -0.2) is 57.5 Å². The smallest absolute Gasteiger partial charge is 0.317 e. The van der Waals surface area contributed by atoms with E-state index in [1.165, 1.54) is 0 Å². The SMILES string of the molecule is CC(C)N(C(=O)CN(CC(=O)O)C(C)(C)C)C(C)C. The van der Waals surface area contributed by atoms with Gasteiger partial charge in [-0.15, -0.1) is 0 Å². The summed E-state index contributed by atoms with van der Waals surface area (Å²) in [5.74, 6) is -0.940. The van der Waals surface area contributed by atoms with Crippen molar-refractivity contribution < 1.29 is 14.7 Å². The van der Waals surface area contributed by atoms with Crippen LogP contribution in [0, 0.1) is 0 Å². The molecular formula is C14H28N2O3. The van der Waals surface area contributed by atoms with E-state index in [9.17, 15) is 9.59 Å². The van der Waals surface area contributed by atoms with Crippen LogP contribution in [0.1, 0.15) is 48.5 Å². The molecule has 0 saturated heterocycles. The third-order valence-electron chi connectivity index (χ3n) is 3.00. The van der Waals surface area contributed by atoms with Gasteiger partial charge in [-0.2, -0.15) is 0 Å². The van der Waals surface area contributed by atoms with E-state index in [1.54, 1.807) is 9.80 Å². The van der Waals surface area contributed by atoms with Gasteiger partial charge in [0.15, 0.2) is 0 Å². The summed E-state index contributed by atoms with van der Waals surface area (Å²) in [6.07, 6.45) is 0. The highest BCUT2D eigenvalue weighted by Crippen LogP contribution is 2.14. The maximum Gasteiger partial charge on any atom is 0.317 e. The molecule has 0 fully saturated rings. The fourth-order valence-electron chi connectivity index (χ4n) is 2.11.